The standard InChI is InChI=1S/C25H30O5/c1-14(26)22(29)17-13-15-12-16(27)4-8-23(15,2)18-5-9-24(3)19(21(17)18)6-10-25(24)11-7-20(28)30-25/h5,15,19H,4,6-13H2,1-3H3/t15?,19-,23-,24-,25+/m0/s1. The number of carbonyl (C=O) groups excluding carboxylic acids is 4. The fourth-order valence-corrected chi connectivity index (χ4v) is 7.46. The number of allylic oxidation sites excluding steroid dienone is 4. The summed E-state index contributed by atoms with van der Waals surface area (Å²) in [6, 6.07) is 0. The second-order valence-corrected chi connectivity index (χ2v) is 10.6. The maximum absolute atomic E-state index is 13.1. The first kappa shape index (κ1) is 19.9. The van der Waals surface area contributed by atoms with Crippen LogP contribution in [0.4, 0.5) is 0 Å². The molecular weight excluding hydrogens is 380 g/mol. The molecule has 0 aromatic heterocycles. The number of carbonyl (C=O) groups is 4. The van der Waals surface area contributed by atoms with Gasteiger partial charge in [-0.05, 0) is 66.9 Å². The topological polar surface area (TPSA) is 77.5 Å². The van der Waals surface area contributed by atoms with Gasteiger partial charge < -0.3 is 4.74 Å². The van der Waals surface area contributed by atoms with E-state index in [9.17, 15) is 19.2 Å². The predicted octanol–water partition coefficient (Wildman–Crippen LogP) is 4.04. The summed E-state index contributed by atoms with van der Waals surface area (Å²) in [5, 5.41) is 0. The normalized spacial score (nSPS) is 42.4. The first-order valence-corrected chi connectivity index (χ1v) is 11.3. The van der Waals surface area contributed by atoms with Gasteiger partial charge in [-0.3, -0.25) is 19.2 Å². The Balaban J connectivity index is 1.68. The monoisotopic (exact) mass is 410 g/mol. The van der Waals surface area contributed by atoms with Gasteiger partial charge in [0.1, 0.15) is 11.4 Å². The third kappa shape index (κ3) is 2.41. The highest BCUT2D eigenvalue weighted by molar-refractivity contribution is 6.43. The van der Waals surface area contributed by atoms with E-state index < -0.39 is 17.2 Å². The van der Waals surface area contributed by atoms with Gasteiger partial charge >= 0.3 is 5.97 Å². The minimum atomic E-state index is -0.464. The van der Waals surface area contributed by atoms with E-state index in [-0.39, 0.29) is 34.4 Å². The van der Waals surface area contributed by atoms with E-state index in [4.69, 9.17) is 4.74 Å². The van der Waals surface area contributed by atoms with Gasteiger partial charge in [0.15, 0.2) is 5.78 Å². The van der Waals surface area contributed by atoms with Crippen LogP contribution in [0.3, 0.4) is 0 Å². The summed E-state index contributed by atoms with van der Waals surface area (Å²) in [4.78, 5) is 49.5. The Morgan fingerprint density at radius 2 is 1.83 bits per heavy atom. The molecule has 0 aromatic carbocycles. The van der Waals surface area contributed by atoms with Crippen molar-refractivity contribution >= 4 is 23.3 Å². The highest BCUT2D eigenvalue weighted by Gasteiger charge is 2.65. The summed E-state index contributed by atoms with van der Waals surface area (Å²) < 4.78 is 5.96. The minimum absolute atomic E-state index is 0.0797. The van der Waals surface area contributed by atoms with Crippen molar-refractivity contribution in [2.24, 2.45) is 22.7 Å². The Morgan fingerprint density at radius 1 is 1.07 bits per heavy atom. The highest BCUT2D eigenvalue weighted by Crippen LogP contribution is 2.68. The summed E-state index contributed by atoms with van der Waals surface area (Å²) >= 11 is 0. The van der Waals surface area contributed by atoms with E-state index in [0.29, 0.717) is 31.3 Å². The van der Waals surface area contributed by atoms with E-state index in [2.05, 4.69) is 19.9 Å². The average molecular weight is 411 g/mol. The van der Waals surface area contributed by atoms with Crippen molar-refractivity contribution in [3.8, 4) is 0 Å². The minimum Gasteiger partial charge on any atom is -0.458 e. The van der Waals surface area contributed by atoms with Crippen molar-refractivity contribution < 1.29 is 23.9 Å². The number of esters is 1. The second kappa shape index (κ2) is 6.24. The predicted molar refractivity (Wildman–Crippen MR) is 109 cm³/mol. The van der Waals surface area contributed by atoms with E-state index in [1.807, 2.05) is 0 Å². The molecule has 1 spiro atoms. The van der Waals surface area contributed by atoms with E-state index in [1.54, 1.807) is 0 Å². The van der Waals surface area contributed by atoms with Crippen molar-refractivity contribution in [2.45, 2.75) is 84.2 Å². The zero-order chi connectivity index (χ0) is 21.5. The molecule has 5 nitrogen and oxygen atoms in total. The highest BCUT2D eigenvalue weighted by atomic mass is 16.6. The molecule has 5 aliphatic rings. The van der Waals surface area contributed by atoms with Crippen molar-refractivity contribution in [1.29, 1.82) is 0 Å². The van der Waals surface area contributed by atoms with Crippen molar-refractivity contribution in [3.63, 3.8) is 0 Å². The van der Waals surface area contributed by atoms with Gasteiger partial charge in [0.25, 0.3) is 0 Å². The fraction of sp³-hybridized carbons (Fsp3) is 0.680. The smallest absolute Gasteiger partial charge is 0.306 e. The Kier molecular flexibility index (Phi) is 4.14. The van der Waals surface area contributed by atoms with E-state index >= 15 is 0 Å². The summed E-state index contributed by atoms with van der Waals surface area (Å²) in [5.41, 5.74) is 2.02. The van der Waals surface area contributed by atoms with Crippen LogP contribution in [0.25, 0.3) is 0 Å². The van der Waals surface area contributed by atoms with Crippen molar-refractivity contribution in [2.75, 3.05) is 0 Å². The zero-order valence-electron chi connectivity index (χ0n) is 18.1. The second-order valence-electron chi connectivity index (χ2n) is 10.6. The third-order valence-corrected chi connectivity index (χ3v) is 9.34. The van der Waals surface area contributed by atoms with E-state index in [1.165, 1.54) is 12.5 Å². The van der Waals surface area contributed by atoms with E-state index in [0.717, 1.165) is 37.7 Å². The van der Waals surface area contributed by atoms with Gasteiger partial charge in [-0.25, -0.2) is 0 Å². The van der Waals surface area contributed by atoms with Crippen LogP contribution in [0.1, 0.15) is 78.6 Å². The summed E-state index contributed by atoms with van der Waals surface area (Å²) in [6.07, 6.45) is 8.32. The molecule has 0 radical (unpaired) electrons. The molecule has 160 valence electrons. The molecule has 30 heavy (non-hydrogen) atoms. The van der Waals surface area contributed by atoms with Gasteiger partial charge in [-0.2, -0.15) is 0 Å². The number of fused-ring (bicyclic) bond motifs is 6. The number of hydrogen-bond acceptors (Lipinski definition) is 5. The molecule has 1 saturated heterocycles. The maximum atomic E-state index is 13.1. The van der Waals surface area contributed by atoms with Gasteiger partial charge in [0.2, 0.25) is 5.78 Å². The Morgan fingerprint density at radius 3 is 2.50 bits per heavy atom. The Bertz CT molecular complexity index is 955. The SMILES string of the molecule is CC(=O)C(=O)C1=C2C(=CC[C@@]3(C)[C@H]2CC[C@@]32CCC(=O)O2)[C@@]2(C)CCC(=O)CC2C1. The molecule has 1 aliphatic heterocycles. The van der Waals surface area contributed by atoms with Crippen LogP contribution in [0.5, 0.6) is 0 Å². The largest absolute Gasteiger partial charge is 0.458 e. The molecule has 4 aliphatic carbocycles. The molecule has 1 unspecified atom stereocenters. The van der Waals surface area contributed by atoms with Crippen LogP contribution >= 0.6 is 0 Å². The van der Waals surface area contributed by atoms with Crippen molar-refractivity contribution in [3.05, 3.63) is 22.8 Å². The first-order valence-electron chi connectivity index (χ1n) is 11.3. The molecule has 0 N–H and O–H groups in total. The van der Waals surface area contributed by atoms with Crippen LogP contribution < -0.4 is 0 Å². The summed E-state index contributed by atoms with van der Waals surface area (Å²) in [6.45, 7) is 5.79. The molecule has 0 aromatic rings. The average Bonchev–Trinajstić information content (AvgIpc) is 3.22. The molecule has 0 amide bonds. The van der Waals surface area contributed by atoms with Crippen LogP contribution in [0.2, 0.25) is 0 Å². The fourth-order valence-electron chi connectivity index (χ4n) is 7.46. The zero-order valence-corrected chi connectivity index (χ0v) is 18.1. The number of hydrogen-bond donors (Lipinski definition) is 0. The van der Waals surface area contributed by atoms with Crippen LogP contribution in [-0.4, -0.2) is 28.9 Å². The maximum Gasteiger partial charge on any atom is 0.306 e. The lowest BCUT2D eigenvalue weighted by Gasteiger charge is -2.54. The molecule has 1 heterocycles. The first-order chi connectivity index (χ1) is 14.1. The molecule has 0 bridgehead atoms. The number of rotatable bonds is 2. The lowest BCUT2D eigenvalue weighted by Crippen LogP contribution is -2.50. The molecule has 5 atom stereocenters. The molecule has 2 saturated carbocycles. The number of Topliss-reactive ketones (excluding diaryl/α,β-unsaturated/α-hetero) is 3. The summed E-state index contributed by atoms with van der Waals surface area (Å²) in [5.74, 6) is -0.510. The van der Waals surface area contributed by atoms with Gasteiger partial charge in [0.05, 0.1) is 0 Å². The molecule has 5 heteroatoms. The number of ether oxygens (including phenoxy) is 1. The third-order valence-electron chi connectivity index (χ3n) is 9.34. The summed E-state index contributed by atoms with van der Waals surface area (Å²) in [7, 11) is 0. The van der Waals surface area contributed by atoms with Crippen LogP contribution in [0.15, 0.2) is 22.8 Å². The Hall–Kier alpha value is -2.04. The molecule has 5 rings (SSSR count). The van der Waals surface area contributed by atoms with Gasteiger partial charge in [-0.15, -0.1) is 0 Å². The van der Waals surface area contributed by atoms with Gasteiger partial charge in [-0.1, -0.05) is 19.9 Å². The quantitative estimate of drug-likeness (QED) is 0.507. The van der Waals surface area contributed by atoms with Gasteiger partial charge in [0, 0.05) is 37.2 Å². The van der Waals surface area contributed by atoms with Crippen molar-refractivity contribution in [1.82, 2.24) is 0 Å². The lowest BCUT2D eigenvalue weighted by atomic mass is 9.50. The molecule has 3 fully saturated rings. The lowest BCUT2D eigenvalue weighted by molar-refractivity contribution is -0.158. The van der Waals surface area contributed by atoms with Crippen LogP contribution in [0, 0.1) is 22.7 Å². The number of ketones is 3. The van der Waals surface area contributed by atoms with Crippen LogP contribution in [-0.2, 0) is 23.9 Å². The Labute approximate surface area is 177 Å². The molecular formula is C25H30O5.